The van der Waals surface area contributed by atoms with E-state index >= 15 is 0 Å². The molecule has 0 saturated carbocycles. The van der Waals surface area contributed by atoms with Gasteiger partial charge in [-0.15, -0.1) is 0 Å². The Bertz CT molecular complexity index is 1920. The lowest BCUT2D eigenvalue weighted by molar-refractivity contribution is 0.414. The molecule has 0 fully saturated rings. The van der Waals surface area contributed by atoms with E-state index in [2.05, 4.69) is 106 Å². The molecular weight excluding hydrogens is 598 g/mol. The molecule has 6 aromatic carbocycles. The summed E-state index contributed by atoms with van der Waals surface area (Å²) in [6.07, 6.45) is 0. The van der Waals surface area contributed by atoms with Gasteiger partial charge in [-0.05, 0) is 133 Å². The Balaban J connectivity index is 1.40. The molecule has 7 aromatic rings. The molecule has 0 atom stereocenters. The van der Waals surface area contributed by atoms with Crippen LogP contribution in [0.2, 0.25) is 0 Å². The van der Waals surface area contributed by atoms with E-state index in [4.69, 9.17) is 18.9 Å². The summed E-state index contributed by atoms with van der Waals surface area (Å²) < 4.78 is 24.1. The minimum absolute atomic E-state index is 0.809. The monoisotopic (exact) mass is 635 g/mol. The normalized spacial score (nSPS) is 11.0. The quantitative estimate of drug-likeness (QED) is 0.149. The van der Waals surface area contributed by atoms with E-state index in [1.165, 1.54) is 0 Å². The van der Waals surface area contributed by atoms with Gasteiger partial charge in [0.2, 0.25) is 0 Å². The van der Waals surface area contributed by atoms with Gasteiger partial charge in [-0.3, -0.25) is 0 Å². The zero-order valence-corrected chi connectivity index (χ0v) is 27.7. The number of anilines is 6. The van der Waals surface area contributed by atoms with Crippen LogP contribution in [0, 0.1) is 0 Å². The first-order chi connectivity index (χ1) is 23.5. The smallest absolute Gasteiger partial charge is 0.119 e. The summed E-state index contributed by atoms with van der Waals surface area (Å²) in [5, 5.41) is 2.31. The van der Waals surface area contributed by atoms with Crippen molar-refractivity contribution in [3.63, 3.8) is 0 Å². The van der Waals surface area contributed by atoms with E-state index in [1.54, 1.807) is 28.4 Å². The van der Waals surface area contributed by atoms with Crippen LogP contribution in [0.15, 0.2) is 133 Å². The van der Waals surface area contributed by atoms with E-state index in [0.717, 1.165) is 78.9 Å². The van der Waals surface area contributed by atoms with Crippen molar-refractivity contribution in [3.8, 4) is 23.0 Å². The maximum absolute atomic E-state index is 5.46. The van der Waals surface area contributed by atoms with Crippen molar-refractivity contribution < 1.29 is 18.9 Å². The molecule has 0 N–H and O–H groups in total. The number of benzene rings is 6. The summed E-state index contributed by atoms with van der Waals surface area (Å²) in [5.41, 5.74) is 8.46. The highest BCUT2D eigenvalue weighted by Crippen LogP contribution is 2.42. The first-order valence-corrected chi connectivity index (χ1v) is 15.7. The molecule has 7 nitrogen and oxygen atoms in total. The molecule has 1 aromatic heterocycles. The van der Waals surface area contributed by atoms with Gasteiger partial charge in [-0.2, -0.15) is 0 Å². The van der Waals surface area contributed by atoms with Crippen LogP contribution in [-0.4, -0.2) is 33.0 Å². The fraction of sp³-hybridized carbons (Fsp3) is 0.122. The van der Waals surface area contributed by atoms with E-state index in [9.17, 15) is 0 Å². The number of fused-ring (bicyclic) bond motifs is 3. The lowest BCUT2D eigenvalue weighted by atomic mass is 10.1. The van der Waals surface area contributed by atoms with Gasteiger partial charge in [0.1, 0.15) is 23.0 Å². The van der Waals surface area contributed by atoms with Crippen LogP contribution in [0.25, 0.3) is 21.8 Å². The fourth-order valence-electron chi connectivity index (χ4n) is 6.29. The standard InChI is InChI=1S/C41H37N3O4/c1-42-40-24-14-32(43(28-6-16-34(45-2)17-7-28)29-8-18-35(46-3)19-9-29)26-38(40)39-27-33(15-25-41(39)42)44(30-10-20-36(47-4)21-11-30)31-12-22-37(48-5)23-13-31/h6-27H,1-5H3. The number of hydrogen-bond acceptors (Lipinski definition) is 6. The molecule has 48 heavy (non-hydrogen) atoms. The molecule has 0 aliphatic heterocycles. The third-order valence-corrected chi connectivity index (χ3v) is 8.81. The zero-order valence-electron chi connectivity index (χ0n) is 27.7. The molecule has 0 aliphatic rings. The summed E-state index contributed by atoms with van der Waals surface area (Å²) in [6.45, 7) is 0. The van der Waals surface area contributed by atoms with Gasteiger partial charge in [0.05, 0.1) is 28.4 Å². The first kappa shape index (κ1) is 30.6. The van der Waals surface area contributed by atoms with E-state index in [0.29, 0.717) is 0 Å². The van der Waals surface area contributed by atoms with Gasteiger partial charge in [0.25, 0.3) is 0 Å². The van der Waals surface area contributed by atoms with Crippen molar-refractivity contribution in [2.24, 2.45) is 7.05 Å². The Kier molecular flexibility index (Phi) is 8.26. The van der Waals surface area contributed by atoms with Crippen LogP contribution in [-0.2, 0) is 7.05 Å². The van der Waals surface area contributed by atoms with Crippen molar-refractivity contribution in [1.29, 1.82) is 0 Å². The first-order valence-electron chi connectivity index (χ1n) is 15.7. The van der Waals surface area contributed by atoms with Crippen LogP contribution < -0.4 is 28.7 Å². The van der Waals surface area contributed by atoms with Gasteiger partial charge in [-0.25, -0.2) is 0 Å². The van der Waals surface area contributed by atoms with Crippen molar-refractivity contribution >= 4 is 55.9 Å². The molecule has 7 heteroatoms. The van der Waals surface area contributed by atoms with Crippen molar-refractivity contribution in [1.82, 2.24) is 4.57 Å². The lowest BCUT2D eigenvalue weighted by Gasteiger charge is -2.26. The highest BCUT2D eigenvalue weighted by Gasteiger charge is 2.19. The molecular formula is C41H37N3O4. The molecule has 0 amide bonds. The van der Waals surface area contributed by atoms with E-state index < -0.39 is 0 Å². The van der Waals surface area contributed by atoms with Gasteiger partial charge in [0.15, 0.2) is 0 Å². The van der Waals surface area contributed by atoms with Gasteiger partial charge < -0.3 is 33.3 Å². The minimum Gasteiger partial charge on any atom is -0.497 e. The predicted octanol–water partition coefficient (Wildman–Crippen LogP) is 10.3. The summed E-state index contributed by atoms with van der Waals surface area (Å²) in [6, 6.07) is 45.9. The summed E-state index contributed by atoms with van der Waals surface area (Å²) in [7, 11) is 8.86. The predicted molar refractivity (Wildman–Crippen MR) is 196 cm³/mol. The van der Waals surface area contributed by atoms with Crippen LogP contribution in [0.1, 0.15) is 0 Å². The summed E-state index contributed by atoms with van der Waals surface area (Å²) in [5.74, 6) is 3.24. The van der Waals surface area contributed by atoms with E-state index in [-0.39, 0.29) is 0 Å². The Morgan fingerprint density at radius 2 is 0.604 bits per heavy atom. The number of aromatic nitrogens is 1. The Morgan fingerprint density at radius 1 is 0.354 bits per heavy atom. The molecule has 0 radical (unpaired) electrons. The van der Waals surface area contributed by atoms with Crippen LogP contribution in [0.3, 0.4) is 0 Å². The molecule has 1 heterocycles. The van der Waals surface area contributed by atoms with Gasteiger partial charge >= 0.3 is 0 Å². The van der Waals surface area contributed by atoms with Crippen molar-refractivity contribution in [2.45, 2.75) is 0 Å². The second kappa shape index (κ2) is 13.0. The summed E-state index contributed by atoms with van der Waals surface area (Å²) in [4.78, 5) is 4.50. The van der Waals surface area contributed by atoms with Gasteiger partial charge in [-0.1, -0.05) is 0 Å². The molecule has 7 rings (SSSR count). The minimum atomic E-state index is 0.809. The zero-order chi connectivity index (χ0) is 33.2. The van der Waals surface area contributed by atoms with Gasteiger partial charge in [0, 0.05) is 63.0 Å². The largest absolute Gasteiger partial charge is 0.497 e. The Morgan fingerprint density at radius 3 is 0.854 bits per heavy atom. The van der Waals surface area contributed by atoms with Crippen molar-refractivity contribution in [3.05, 3.63) is 133 Å². The third-order valence-electron chi connectivity index (χ3n) is 8.81. The Hall–Kier alpha value is -6.08. The SMILES string of the molecule is COc1ccc(N(c2ccc(OC)cc2)c2ccc3c(c2)c2cc(N(c4ccc(OC)cc4)c4ccc(OC)cc4)ccc2n3C)cc1. The maximum Gasteiger partial charge on any atom is 0.119 e. The van der Waals surface area contributed by atoms with Crippen molar-refractivity contribution in [2.75, 3.05) is 38.2 Å². The fourth-order valence-corrected chi connectivity index (χ4v) is 6.29. The third kappa shape index (κ3) is 5.60. The number of ether oxygens (including phenoxy) is 4. The molecule has 240 valence electrons. The molecule has 0 unspecified atom stereocenters. The van der Waals surface area contributed by atoms with Crippen LogP contribution >= 0.6 is 0 Å². The lowest BCUT2D eigenvalue weighted by Crippen LogP contribution is -2.10. The highest BCUT2D eigenvalue weighted by molar-refractivity contribution is 6.11. The number of methoxy groups -OCH3 is 4. The van der Waals surface area contributed by atoms with Crippen LogP contribution in [0.4, 0.5) is 34.1 Å². The topological polar surface area (TPSA) is 48.3 Å². The average Bonchev–Trinajstić information content (AvgIpc) is 3.43. The molecule has 0 saturated heterocycles. The second-order valence-corrected chi connectivity index (χ2v) is 11.4. The Labute approximate surface area is 280 Å². The summed E-state index contributed by atoms with van der Waals surface area (Å²) >= 11 is 0. The number of hydrogen-bond donors (Lipinski definition) is 0. The average molecular weight is 636 g/mol. The molecule has 0 aliphatic carbocycles. The van der Waals surface area contributed by atoms with E-state index in [1.807, 2.05) is 48.5 Å². The maximum atomic E-state index is 5.46. The highest BCUT2D eigenvalue weighted by atomic mass is 16.5. The molecule has 0 spiro atoms. The second-order valence-electron chi connectivity index (χ2n) is 11.4. The van der Waals surface area contributed by atoms with Crippen LogP contribution in [0.5, 0.6) is 23.0 Å². The number of rotatable bonds is 10. The molecule has 0 bridgehead atoms. The number of nitrogens with zero attached hydrogens (tertiary/aromatic N) is 3. The number of aryl methyl sites for hydroxylation is 1.